The number of anilines is 1. The molecular formula is C21H28N6O2S. The first-order valence-corrected chi connectivity index (χ1v) is 11.5. The van der Waals surface area contributed by atoms with E-state index in [0.29, 0.717) is 36.5 Å². The normalized spacial score (nSPS) is 15.9. The van der Waals surface area contributed by atoms with Crippen LogP contribution < -0.4 is 5.32 Å². The third-order valence-corrected chi connectivity index (χ3v) is 6.75. The molecule has 2 fully saturated rings. The molecule has 1 amide bonds. The van der Waals surface area contributed by atoms with E-state index in [2.05, 4.69) is 26.2 Å². The van der Waals surface area contributed by atoms with Crippen molar-refractivity contribution in [3.63, 3.8) is 0 Å². The molecule has 4 rings (SSSR count). The maximum absolute atomic E-state index is 12.8. The van der Waals surface area contributed by atoms with Crippen LogP contribution in [0.1, 0.15) is 66.7 Å². The average molecular weight is 429 g/mol. The van der Waals surface area contributed by atoms with Crippen molar-refractivity contribution in [2.75, 3.05) is 24.8 Å². The molecule has 0 aromatic carbocycles. The van der Waals surface area contributed by atoms with Crippen molar-refractivity contribution in [1.29, 1.82) is 5.26 Å². The molecule has 2 aromatic heterocycles. The number of nitrogens with one attached hydrogen (secondary N) is 1. The van der Waals surface area contributed by atoms with Gasteiger partial charge in [-0.05, 0) is 51.5 Å². The minimum absolute atomic E-state index is 0.139. The van der Waals surface area contributed by atoms with Crippen LogP contribution in [0.15, 0.2) is 5.16 Å². The Bertz CT molecular complexity index is 981. The lowest BCUT2D eigenvalue weighted by atomic mass is 10.2. The van der Waals surface area contributed by atoms with Crippen LogP contribution in [0.3, 0.4) is 0 Å². The van der Waals surface area contributed by atoms with E-state index < -0.39 is 0 Å². The highest BCUT2D eigenvalue weighted by Crippen LogP contribution is 2.46. The topological polar surface area (TPSA) is 97.8 Å². The van der Waals surface area contributed by atoms with Gasteiger partial charge < -0.3 is 19.2 Å². The first-order valence-electron chi connectivity index (χ1n) is 10.5. The zero-order valence-electron chi connectivity index (χ0n) is 17.8. The largest absolute Gasteiger partial charge is 0.385 e. The van der Waals surface area contributed by atoms with E-state index in [9.17, 15) is 10.1 Å². The van der Waals surface area contributed by atoms with E-state index in [4.69, 9.17) is 4.74 Å². The molecule has 2 heterocycles. The van der Waals surface area contributed by atoms with E-state index >= 15 is 0 Å². The monoisotopic (exact) mass is 428 g/mol. The summed E-state index contributed by atoms with van der Waals surface area (Å²) >= 11 is 1.43. The lowest BCUT2D eigenvalue weighted by Crippen LogP contribution is -2.19. The Hall–Kier alpha value is -2.31. The van der Waals surface area contributed by atoms with Gasteiger partial charge in [-0.3, -0.25) is 4.79 Å². The molecule has 8 nitrogen and oxygen atoms in total. The number of hydrogen-bond donors (Lipinski definition) is 1. The van der Waals surface area contributed by atoms with Crippen LogP contribution >= 0.6 is 11.8 Å². The maximum atomic E-state index is 12.8. The van der Waals surface area contributed by atoms with Gasteiger partial charge in [0.05, 0.1) is 11.3 Å². The molecule has 0 bridgehead atoms. The molecular weight excluding hydrogens is 400 g/mol. The zero-order valence-corrected chi connectivity index (χ0v) is 18.6. The number of rotatable bonds is 10. The van der Waals surface area contributed by atoms with Gasteiger partial charge in [0.1, 0.15) is 17.7 Å². The summed E-state index contributed by atoms with van der Waals surface area (Å²) in [5, 5.41) is 22.2. The second-order valence-corrected chi connectivity index (χ2v) is 9.04. The third kappa shape index (κ3) is 4.25. The van der Waals surface area contributed by atoms with Crippen LogP contribution in [0.5, 0.6) is 0 Å². The highest BCUT2D eigenvalue weighted by atomic mass is 32.2. The lowest BCUT2D eigenvalue weighted by molar-refractivity contribution is -0.113. The van der Waals surface area contributed by atoms with Crippen molar-refractivity contribution in [3.05, 3.63) is 22.6 Å². The van der Waals surface area contributed by atoms with E-state index in [1.807, 2.05) is 18.4 Å². The fraction of sp³-hybridized carbons (Fsp3) is 0.619. The van der Waals surface area contributed by atoms with Crippen molar-refractivity contribution in [2.24, 2.45) is 0 Å². The number of amides is 1. The first kappa shape index (κ1) is 20.9. The summed E-state index contributed by atoms with van der Waals surface area (Å²) in [5.74, 6) is 2.31. The quantitative estimate of drug-likeness (QED) is 0.459. The molecule has 0 saturated heterocycles. The molecule has 2 aliphatic rings. The molecule has 9 heteroatoms. The number of aromatic nitrogens is 4. The Labute approximate surface area is 181 Å². The Morgan fingerprint density at radius 3 is 2.70 bits per heavy atom. The van der Waals surface area contributed by atoms with Gasteiger partial charge in [-0.25, -0.2) is 0 Å². The third-order valence-electron chi connectivity index (χ3n) is 5.81. The molecule has 0 radical (unpaired) electrons. The number of nitrogens with zero attached hydrogens (tertiary/aromatic N) is 5. The smallest absolute Gasteiger partial charge is 0.235 e. The SMILES string of the molecule is COCCCn1c(C)c(C)c(C#N)c1NC(=O)CSc1nnc(C2CC2)n1C1CC1. The summed E-state index contributed by atoms with van der Waals surface area (Å²) in [5.41, 5.74) is 2.43. The molecule has 160 valence electrons. The van der Waals surface area contributed by atoms with E-state index in [-0.39, 0.29) is 11.7 Å². The summed E-state index contributed by atoms with van der Waals surface area (Å²) in [4.78, 5) is 12.8. The first-order chi connectivity index (χ1) is 14.5. The molecule has 2 aromatic rings. The van der Waals surface area contributed by atoms with Gasteiger partial charge in [0, 0.05) is 37.9 Å². The van der Waals surface area contributed by atoms with Gasteiger partial charge in [-0.15, -0.1) is 10.2 Å². The van der Waals surface area contributed by atoms with Crippen LogP contribution in [-0.2, 0) is 16.1 Å². The van der Waals surface area contributed by atoms with Gasteiger partial charge in [0.25, 0.3) is 0 Å². The van der Waals surface area contributed by atoms with Gasteiger partial charge in [0.15, 0.2) is 5.16 Å². The Morgan fingerprint density at radius 1 is 1.30 bits per heavy atom. The second-order valence-electron chi connectivity index (χ2n) is 8.10. The van der Waals surface area contributed by atoms with Gasteiger partial charge in [0.2, 0.25) is 5.91 Å². The van der Waals surface area contributed by atoms with E-state index in [0.717, 1.165) is 41.5 Å². The Morgan fingerprint density at radius 2 is 2.07 bits per heavy atom. The van der Waals surface area contributed by atoms with Crippen molar-refractivity contribution < 1.29 is 9.53 Å². The fourth-order valence-electron chi connectivity index (χ4n) is 3.76. The van der Waals surface area contributed by atoms with Crippen molar-refractivity contribution in [3.8, 4) is 6.07 Å². The van der Waals surface area contributed by atoms with Crippen molar-refractivity contribution >= 4 is 23.5 Å². The highest BCUT2D eigenvalue weighted by Gasteiger charge is 2.36. The minimum atomic E-state index is -0.139. The molecule has 0 spiro atoms. The minimum Gasteiger partial charge on any atom is -0.385 e. The molecule has 2 saturated carbocycles. The lowest BCUT2D eigenvalue weighted by Gasteiger charge is -2.13. The number of carbonyl (C=O) groups is 1. The van der Waals surface area contributed by atoms with E-state index in [1.54, 1.807) is 7.11 Å². The number of thioether (sulfide) groups is 1. The number of nitriles is 1. The average Bonchev–Trinajstić information content (AvgIpc) is 3.67. The Kier molecular flexibility index (Phi) is 6.16. The fourth-order valence-corrected chi connectivity index (χ4v) is 4.57. The molecule has 0 atom stereocenters. The molecule has 0 unspecified atom stereocenters. The highest BCUT2D eigenvalue weighted by molar-refractivity contribution is 7.99. The molecule has 2 aliphatic carbocycles. The maximum Gasteiger partial charge on any atom is 0.235 e. The van der Waals surface area contributed by atoms with Crippen molar-refractivity contribution in [2.45, 2.75) is 69.6 Å². The number of hydrogen-bond acceptors (Lipinski definition) is 6. The number of ether oxygens (including phenoxy) is 1. The summed E-state index contributed by atoms with van der Waals surface area (Å²) in [6.45, 7) is 5.21. The van der Waals surface area contributed by atoms with Crippen LogP contribution in [0, 0.1) is 25.2 Å². The van der Waals surface area contributed by atoms with Crippen LogP contribution in [0.2, 0.25) is 0 Å². The predicted molar refractivity (Wildman–Crippen MR) is 115 cm³/mol. The molecule has 1 N–H and O–H groups in total. The van der Waals surface area contributed by atoms with Crippen LogP contribution in [-0.4, -0.2) is 44.7 Å². The molecule has 30 heavy (non-hydrogen) atoms. The van der Waals surface area contributed by atoms with Crippen molar-refractivity contribution in [1.82, 2.24) is 19.3 Å². The van der Waals surface area contributed by atoms with Gasteiger partial charge in [-0.1, -0.05) is 11.8 Å². The second kappa shape index (κ2) is 8.82. The zero-order chi connectivity index (χ0) is 21.3. The predicted octanol–water partition coefficient (Wildman–Crippen LogP) is 3.55. The number of carbonyl (C=O) groups excluding carboxylic acids is 1. The van der Waals surface area contributed by atoms with Gasteiger partial charge >= 0.3 is 0 Å². The number of methoxy groups -OCH3 is 1. The Balaban J connectivity index is 1.46. The standard InChI is InChI=1S/C21H28N6O2S/c1-13-14(2)26(9-4-10-29-3)20(17(13)11-22)23-18(28)12-30-21-25-24-19(15-5-6-15)27(21)16-7-8-16/h15-16H,4-10,12H2,1-3H3,(H,23,28). The van der Waals surface area contributed by atoms with E-state index in [1.165, 1.54) is 24.6 Å². The van der Waals surface area contributed by atoms with Crippen LogP contribution in [0.25, 0.3) is 0 Å². The molecule has 0 aliphatic heterocycles. The summed E-state index contributed by atoms with van der Waals surface area (Å²) < 4.78 is 9.41. The summed E-state index contributed by atoms with van der Waals surface area (Å²) in [7, 11) is 1.67. The summed E-state index contributed by atoms with van der Waals surface area (Å²) in [6.07, 6.45) is 5.51. The van der Waals surface area contributed by atoms with Crippen LogP contribution in [0.4, 0.5) is 5.82 Å². The summed E-state index contributed by atoms with van der Waals surface area (Å²) in [6, 6.07) is 2.74. The van der Waals surface area contributed by atoms with Gasteiger partial charge in [-0.2, -0.15) is 5.26 Å².